The molecule has 3 N–H and O–H groups in total. The fraction of sp³-hybridized carbons (Fsp3) is 0.100. The van der Waals surface area contributed by atoms with Crippen molar-refractivity contribution < 1.29 is 8.42 Å². The number of nitrogens with one attached hydrogen (secondary N) is 1. The highest BCUT2D eigenvalue weighted by Gasteiger charge is 2.24. The van der Waals surface area contributed by atoms with Crippen LogP contribution in [0.5, 0.6) is 0 Å². The van der Waals surface area contributed by atoms with Gasteiger partial charge in [-0.2, -0.15) is 10.2 Å². The van der Waals surface area contributed by atoms with Gasteiger partial charge in [0.15, 0.2) is 15.8 Å². The van der Waals surface area contributed by atoms with Crippen molar-refractivity contribution in [2.75, 3.05) is 5.73 Å². The van der Waals surface area contributed by atoms with Crippen LogP contribution in [-0.4, -0.2) is 28.0 Å². The van der Waals surface area contributed by atoms with E-state index in [9.17, 15) is 8.42 Å². The number of thiazole rings is 1. The first-order chi connectivity index (χ1) is 9.58. The molecule has 3 heterocycles. The Hall–Kier alpha value is -2.04. The second kappa shape index (κ2) is 4.81. The Bertz CT molecular complexity index is 839. The lowest BCUT2D eigenvalue weighted by Gasteiger charge is -2.05. The van der Waals surface area contributed by atoms with E-state index in [0.29, 0.717) is 10.7 Å². The van der Waals surface area contributed by atoms with E-state index < -0.39 is 10.0 Å². The van der Waals surface area contributed by atoms with Crippen LogP contribution in [0.3, 0.4) is 0 Å². The zero-order valence-corrected chi connectivity index (χ0v) is 11.7. The molecule has 3 rings (SSSR count). The number of anilines is 1. The second-order valence-corrected chi connectivity index (χ2v) is 6.45. The molecule has 3 aromatic heterocycles. The van der Waals surface area contributed by atoms with Crippen LogP contribution < -0.4 is 10.5 Å². The van der Waals surface area contributed by atoms with Crippen LogP contribution in [0, 0.1) is 0 Å². The van der Waals surface area contributed by atoms with Gasteiger partial charge >= 0.3 is 0 Å². The standard InChI is InChI=1S/C10H10N6O2S2/c11-8-9(16-4-5-19-10(16)14-8)20(17,18)13-6-7-2-1-3-12-15-7/h1-5,13H,6,11H2. The van der Waals surface area contributed by atoms with E-state index in [1.807, 2.05) is 0 Å². The van der Waals surface area contributed by atoms with Crippen molar-refractivity contribution in [2.24, 2.45) is 0 Å². The van der Waals surface area contributed by atoms with Gasteiger partial charge in [-0.1, -0.05) is 0 Å². The fourth-order valence-corrected chi connectivity index (χ4v) is 3.69. The molecule has 0 aromatic carbocycles. The summed E-state index contributed by atoms with van der Waals surface area (Å²) in [5, 5.41) is 9.17. The van der Waals surface area contributed by atoms with Crippen molar-refractivity contribution in [1.29, 1.82) is 0 Å². The minimum absolute atomic E-state index is 0.0245. The van der Waals surface area contributed by atoms with Gasteiger partial charge in [0, 0.05) is 17.8 Å². The first-order valence-electron chi connectivity index (χ1n) is 5.55. The molecule has 0 bridgehead atoms. The predicted octanol–water partition coefficient (Wildman–Crippen LogP) is 0.246. The van der Waals surface area contributed by atoms with Gasteiger partial charge < -0.3 is 5.73 Å². The highest BCUT2D eigenvalue weighted by Crippen LogP contribution is 2.23. The molecule has 10 heteroatoms. The number of nitrogens with two attached hydrogens (primary N) is 1. The van der Waals surface area contributed by atoms with Crippen LogP contribution in [0.15, 0.2) is 34.9 Å². The van der Waals surface area contributed by atoms with Crippen molar-refractivity contribution in [3.05, 3.63) is 35.6 Å². The van der Waals surface area contributed by atoms with Crippen molar-refractivity contribution in [1.82, 2.24) is 24.3 Å². The smallest absolute Gasteiger partial charge is 0.260 e. The molecule has 20 heavy (non-hydrogen) atoms. The van der Waals surface area contributed by atoms with E-state index in [2.05, 4.69) is 19.9 Å². The molecule has 0 aliphatic carbocycles. The minimum Gasteiger partial charge on any atom is -0.381 e. The van der Waals surface area contributed by atoms with Gasteiger partial charge in [0.05, 0.1) is 12.2 Å². The highest BCUT2D eigenvalue weighted by molar-refractivity contribution is 7.89. The molecule has 3 aromatic rings. The summed E-state index contributed by atoms with van der Waals surface area (Å²) in [6.07, 6.45) is 3.13. The zero-order chi connectivity index (χ0) is 14.2. The average molecular weight is 310 g/mol. The lowest BCUT2D eigenvalue weighted by atomic mass is 10.4. The van der Waals surface area contributed by atoms with Gasteiger partial charge in [0.2, 0.25) is 0 Å². The second-order valence-electron chi connectivity index (χ2n) is 3.90. The van der Waals surface area contributed by atoms with E-state index in [0.717, 1.165) is 0 Å². The van der Waals surface area contributed by atoms with Crippen LogP contribution in [0.2, 0.25) is 0 Å². The van der Waals surface area contributed by atoms with E-state index >= 15 is 0 Å². The molecular weight excluding hydrogens is 300 g/mol. The first kappa shape index (κ1) is 13.0. The maximum atomic E-state index is 12.3. The minimum atomic E-state index is -3.78. The van der Waals surface area contributed by atoms with Crippen LogP contribution >= 0.6 is 11.3 Å². The Morgan fingerprint density at radius 1 is 1.45 bits per heavy atom. The number of sulfonamides is 1. The molecule has 0 unspecified atom stereocenters. The Kier molecular flexibility index (Phi) is 3.12. The molecule has 0 fully saturated rings. The molecule has 0 amide bonds. The van der Waals surface area contributed by atoms with Crippen molar-refractivity contribution in [3.8, 4) is 0 Å². The van der Waals surface area contributed by atoms with Crippen LogP contribution in [0.1, 0.15) is 5.69 Å². The number of nitrogen functional groups attached to an aromatic ring is 1. The lowest BCUT2D eigenvalue weighted by Crippen LogP contribution is -2.25. The summed E-state index contributed by atoms with van der Waals surface area (Å²) < 4.78 is 28.5. The summed E-state index contributed by atoms with van der Waals surface area (Å²) in [7, 11) is -3.78. The van der Waals surface area contributed by atoms with Gasteiger partial charge in [-0.3, -0.25) is 4.40 Å². The third-order valence-electron chi connectivity index (χ3n) is 2.57. The summed E-state index contributed by atoms with van der Waals surface area (Å²) in [6.45, 7) is 0.0347. The highest BCUT2D eigenvalue weighted by atomic mass is 32.2. The van der Waals surface area contributed by atoms with Crippen LogP contribution in [0.25, 0.3) is 4.96 Å². The van der Waals surface area contributed by atoms with Gasteiger partial charge in [0.1, 0.15) is 0 Å². The van der Waals surface area contributed by atoms with E-state index in [1.54, 1.807) is 23.7 Å². The summed E-state index contributed by atoms with van der Waals surface area (Å²) in [5.74, 6) is -0.0245. The maximum absolute atomic E-state index is 12.3. The number of fused-ring (bicyclic) bond motifs is 1. The topological polar surface area (TPSA) is 115 Å². The normalized spacial score (nSPS) is 12.0. The van der Waals surface area contributed by atoms with Crippen LogP contribution in [0.4, 0.5) is 5.82 Å². The van der Waals surface area contributed by atoms with Gasteiger partial charge in [-0.05, 0) is 12.1 Å². The lowest BCUT2D eigenvalue weighted by molar-refractivity contribution is 0.575. The average Bonchev–Trinajstić information content (AvgIpc) is 2.97. The fourth-order valence-electron chi connectivity index (χ4n) is 1.71. The van der Waals surface area contributed by atoms with Crippen molar-refractivity contribution >= 4 is 32.1 Å². The predicted molar refractivity (Wildman–Crippen MR) is 73.5 cm³/mol. The SMILES string of the molecule is Nc1nc2sccn2c1S(=O)(=O)NCc1cccnn1. The summed E-state index contributed by atoms with van der Waals surface area (Å²) in [4.78, 5) is 4.54. The molecule has 0 radical (unpaired) electrons. The summed E-state index contributed by atoms with van der Waals surface area (Å²) >= 11 is 1.31. The Morgan fingerprint density at radius 3 is 3.05 bits per heavy atom. The quantitative estimate of drug-likeness (QED) is 0.713. The molecule has 8 nitrogen and oxygen atoms in total. The molecule has 0 saturated heterocycles. The monoisotopic (exact) mass is 310 g/mol. The number of imidazole rings is 1. The van der Waals surface area contributed by atoms with Crippen molar-refractivity contribution in [2.45, 2.75) is 11.6 Å². The maximum Gasteiger partial charge on any atom is 0.260 e. The van der Waals surface area contributed by atoms with Crippen LogP contribution in [-0.2, 0) is 16.6 Å². The van der Waals surface area contributed by atoms with Gasteiger partial charge in [-0.25, -0.2) is 18.1 Å². The van der Waals surface area contributed by atoms with E-state index in [-0.39, 0.29) is 17.4 Å². The van der Waals surface area contributed by atoms with Gasteiger partial charge in [0.25, 0.3) is 10.0 Å². The molecule has 0 aliphatic heterocycles. The third kappa shape index (κ3) is 2.24. The number of hydrogen-bond acceptors (Lipinski definition) is 7. The summed E-state index contributed by atoms with van der Waals surface area (Å²) in [6, 6.07) is 3.36. The Balaban J connectivity index is 1.92. The zero-order valence-electron chi connectivity index (χ0n) is 10.1. The Morgan fingerprint density at radius 2 is 2.30 bits per heavy atom. The van der Waals surface area contributed by atoms with Crippen molar-refractivity contribution in [3.63, 3.8) is 0 Å². The molecule has 0 spiro atoms. The van der Waals surface area contributed by atoms with E-state index in [4.69, 9.17) is 5.73 Å². The van der Waals surface area contributed by atoms with Gasteiger partial charge in [-0.15, -0.1) is 11.3 Å². The Labute approximate surface area is 118 Å². The number of rotatable bonds is 4. The number of aromatic nitrogens is 4. The molecule has 0 atom stereocenters. The molecule has 0 saturated carbocycles. The third-order valence-corrected chi connectivity index (χ3v) is 4.76. The van der Waals surface area contributed by atoms with E-state index in [1.165, 1.54) is 21.9 Å². The molecular formula is C10H10N6O2S2. The molecule has 0 aliphatic rings. The number of nitrogens with zero attached hydrogens (tertiary/aromatic N) is 4. The number of hydrogen-bond donors (Lipinski definition) is 2. The summed E-state index contributed by atoms with van der Waals surface area (Å²) in [5.41, 5.74) is 6.20. The molecule has 104 valence electrons. The largest absolute Gasteiger partial charge is 0.381 e. The first-order valence-corrected chi connectivity index (χ1v) is 7.91.